The van der Waals surface area contributed by atoms with E-state index in [4.69, 9.17) is 14.6 Å². The zero-order chi connectivity index (χ0) is 14.9. The highest BCUT2D eigenvalue weighted by atomic mass is 16.5. The molecule has 0 aliphatic rings. The summed E-state index contributed by atoms with van der Waals surface area (Å²) >= 11 is 0. The molecular formula is C17H36O3. The zero-order valence-electron chi connectivity index (χ0n) is 13.7. The Morgan fingerprint density at radius 1 is 0.650 bits per heavy atom. The first-order valence-electron chi connectivity index (χ1n) is 8.53. The molecule has 0 spiro atoms. The number of aliphatic hydroxyl groups excluding tert-OH is 1. The van der Waals surface area contributed by atoms with Crippen LogP contribution in [0.4, 0.5) is 0 Å². The predicted molar refractivity (Wildman–Crippen MR) is 85.1 cm³/mol. The van der Waals surface area contributed by atoms with E-state index in [0.717, 1.165) is 18.9 Å². The van der Waals surface area contributed by atoms with Gasteiger partial charge in [-0.25, -0.2) is 0 Å². The van der Waals surface area contributed by atoms with Gasteiger partial charge in [-0.3, -0.25) is 0 Å². The molecule has 20 heavy (non-hydrogen) atoms. The molecule has 122 valence electrons. The van der Waals surface area contributed by atoms with E-state index in [-0.39, 0.29) is 6.61 Å². The van der Waals surface area contributed by atoms with Crippen molar-refractivity contribution in [2.45, 2.75) is 71.6 Å². The number of rotatable bonds is 16. The molecule has 1 N–H and O–H groups in total. The maximum Gasteiger partial charge on any atom is 0.0701 e. The lowest BCUT2D eigenvalue weighted by molar-refractivity contribution is 0.0321. The zero-order valence-corrected chi connectivity index (χ0v) is 13.7. The second kappa shape index (κ2) is 16.9. The van der Waals surface area contributed by atoms with Gasteiger partial charge in [-0.2, -0.15) is 0 Å². The largest absolute Gasteiger partial charge is 0.394 e. The van der Waals surface area contributed by atoms with Crippen LogP contribution in [0, 0.1) is 5.92 Å². The molecule has 0 amide bonds. The van der Waals surface area contributed by atoms with Crippen LogP contribution in [0.3, 0.4) is 0 Å². The minimum atomic E-state index is 0.0947. The van der Waals surface area contributed by atoms with Crippen LogP contribution < -0.4 is 0 Å². The third-order valence-electron chi connectivity index (χ3n) is 3.43. The Morgan fingerprint density at radius 2 is 1.15 bits per heavy atom. The molecule has 0 rings (SSSR count). The van der Waals surface area contributed by atoms with E-state index < -0.39 is 0 Å². The highest BCUT2D eigenvalue weighted by Gasteiger charge is 1.95. The molecule has 0 heterocycles. The Hall–Kier alpha value is -0.120. The van der Waals surface area contributed by atoms with E-state index >= 15 is 0 Å². The summed E-state index contributed by atoms with van der Waals surface area (Å²) in [6.07, 6.45) is 12.2. The molecule has 0 bridgehead atoms. The lowest BCUT2D eigenvalue weighted by Crippen LogP contribution is -2.07. The lowest BCUT2D eigenvalue weighted by Gasteiger charge is -2.05. The average molecular weight is 288 g/mol. The second-order valence-corrected chi connectivity index (χ2v) is 5.96. The van der Waals surface area contributed by atoms with Gasteiger partial charge in [0.05, 0.1) is 26.4 Å². The quantitative estimate of drug-likeness (QED) is 0.433. The van der Waals surface area contributed by atoms with Gasteiger partial charge in [0.25, 0.3) is 0 Å². The van der Waals surface area contributed by atoms with Crippen molar-refractivity contribution in [3.05, 3.63) is 0 Å². The number of ether oxygens (including phenoxy) is 2. The fourth-order valence-electron chi connectivity index (χ4n) is 2.20. The third-order valence-corrected chi connectivity index (χ3v) is 3.43. The molecule has 0 saturated carbocycles. The van der Waals surface area contributed by atoms with E-state index in [2.05, 4.69) is 13.8 Å². The topological polar surface area (TPSA) is 38.7 Å². The molecule has 0 aliphatic heterocycles. The third kappa shape index (κ3) is 17.9. The van der Waals surface area contributed by atoms with Gasteiger partial charge >= 0.3 is 0 Å². The van der Waals surface area contributed by atoms with Gasteiger partial charge in [0, 0.05) is 6.61 Å². The summed E-state index contributed by atoms with van der Waals surface area (Å²) in [5.41, 5.74) is 0. The van der Waals surface area contributed by atoms with Crippen molar-refractivity contribution in [2.24, 2.45) is 5.92 Å². The van der Waals surface area contributed by atoms with Crippen LogP contribution >= 0.6 is 0 Å². The van der Waals surface area contributed by atoms with Crippen LogP contribution in [0.1, 0.15) is 71.6 Å². The molecule has 0 atom stereocenters. The van der Waals surface area contributed by atoms with Crippen molar-refractivity contribution < 1.29 is 14.6 Å². The summed E-state index contributed by atoms with van der Waals surface area (Å²) in [4.78, 5) is 0. The summed E-state index contributed by atoms with van der Waals surface area (Å²) in [6, 6.07) is 0. The Kier molecular flexibility index (Phi) is 16.8. The first-order valence-corrected chi connectivity index (χ1v) is 8.53. The number of hydrogen-bond acceptors (Lipinski definition) is 3. The van der Waals surface area contributed by atoms with E-state index in [1.165, 1.54) is 51.4 Å². The second-order valence-electron chi connectivity index (χ2n) is 5.96. The summed E-state index contributed by atoms with van der Waals surface area (Å²) < 4.78 is 10.6. The van der Waals surface area contributed by atoms with Gasteiger partial charge in [0.15, 0.2) is 0 Å². The van der Waals surface area contributed by atoms with Crippen LogP contribution in [0.25, 0.3) is 0 Å². The van der Waals surface area contributed by atoms with E-state index in [0.29, 0.717) is 19.8 Å². The van der Waals surface area contributed by atoms with Crippen molar-refractivity contribution in [3.63, 3.8) is 0 Å². The first kappa shape index (κ1) is 19.9. The Labute approximate surface area is 126 Å². The lowest BCUT2D eigenvalue weighted by atomic mass is 10.0. The van der Waals surface area contributed by atoms with Gasteiger partial charge in [-0.05, 0) is 12.3 Å². The van der Waals surface area contributed by atoms with Crippen LogP contribution in [-0.2, 0) is 9.47 Å². The highest BCUT2D eigenvalue weighted by molar-refractivity contribution is 4.49. The molecule has 3 nitrogen and oxygen atoms in total. The van der Waals surface area contributed by atoms with Crippen molar-refractivity contribution >= 4 is 0 Å². The van der Waals surface area contributed by atoms with Gasteiger partial charge in [0.1, 0.15) is 0 Å². The van der Waals surface area contributed by atoms with Crippen LogP contribution in [0.2, 0.25) is 0 Å². The van der Waals surface area contributed by atoms with Crippen LogP contribution in [-0.4, -0.2) is 38.1 Å². The molecular weight excluding hydrogens is 252 g/mol. The molecule has 0 aromatic rings. The highest BCUT2D eigenvalue weighted by Crippen LogP contribution is 2.12. The standard InChI is InChI=1S/C17H36O3/c1-17(2)11-9-7-5-3-4-6-8-10-13-19-15-16-20-14-12-18/h17-18H,3-16H2,1-2H3. The summed E-state index contributed by atoms with van der Waals surface area (Å²) in [5.74, 6) is 0.865. The Balaban J connectivity index is 2.92. The number of unbranched alkanes of at least 4 members (excludes halogenated alkanes) is 7. The van der Waals surface area contributed by atoms with E-state index in [1.807, 2.05) is 0 Å². The normalized spacial score (nSPS) is 11.4. The summed E-state index contributed by atoms with van der Waals surface area (Å²) in [6.45, 7) is 7.21. The Bertz CT molecular complexity index is 172. The monoisotopic (exact) mass is 288 g/mol. The van der Waals surface area contributed by atoms with Gasteiger partial charge in [-0.15, -0.1) is 0 Å². The number of hydrogen-bond donors (Lipinski definition) is 1. The van der Waals surface area contributed by atoms with E-state index in [1.54, 1.807) is 0 Å². The van der Waals surface area contributed by atoms with Crippen molar-refractivity contribution in [2.75, 3.05) is 33.0 Å². The molecule has 0 aliphatic carbocycles. The average Bonchev–Trinajstić information content (AvgIpc) is 2.43. The number of aliphatic hydroxyl groups is 1. The predicted octanol–water partition coefficient (Wildman–Crippen LogP) is 4.18. The molecule has 0 aromatic carbocycles. The molecule has 0 aromatic heterocycles. The molecule has 0 saturated heterocycles. The first-order chi connectivity index (χ1) is 9.77. The maximum atomic E-state index is 8.52. The van der Waals surface area contributed by atoms with Crippen molar-refractivity contribution in [3.8, 4) is 0 Å². The molecule has 0 fully saturated rings. The smallest absolute Gasteiger partial charge is 0.0701 e. The SMILES string of the molecule is CC(C)CCCCCCCCCCOCCOCCO. The summed E-state index contributed by atoms with van der Waals surface area (Å²) in [5, 5.41) is 8.52. The van der Waals surface area contributed by atoms with Crippen LogP contribution in [0.5, 0.6) is 0 Å². The van der Waals surface area contributed by atoms with Gasteiger partial charge in [0.2, 0.25) is 0 Å². The molecule has 0 radical (unpaired) electrons. The van der Waals surface area contributed by atoms with Gasteiger partial charge < -0.3 is 14.6 Å². The molecule has 3 heteroatoms. The van der Waals surface area contributed by atoms with Gasteiger partial charge in [-0.1, -0.05) is 65.2 Å². The minimum absolute atomic E-state index is 0.0947. The summed E-state index contributed by atoms with van der Waals surface area (Å²) in [7, 11) is 0. The van der Waals surface area contributed by atoms with Crippen molar-refractivity contribution in [1.82, 2.24) is 0 Å². The van der Waals surface area contributed by atoms with Crippen LogP contribution in [0.15, 0.2) is 0 Å². The van der Waals surface area contributed by atoms with Crippen molar-refractivity contribution in [1.29, 1.82) is 0 Å². The Morgan fingerprint density at radius 3 is 1.70 bits per heavy atom. The fourth-order valence-corrected chi connectivity index (χ4v) is 2.20. The maximum absolute atomic E-state index is 8.52. The fraction of sp³-hybridized carbons (Fsp3) is 1.00. The van der Waals surface area contributed by atoms with E-state index in [9.17, 15) is 0 Å². The molecule has 0 unspecified atom stereocenters. The minimum Gasteiger partial charge on any atom is -0.394 e.